The van der Waals surface area contributed by atoms with Crippen molar-refractivity contribution in [2.24, 2.45) is 5.73 Å². The fourth-order valence-electron chi connectivity index (χ4n) is 2.06. The number of rotatable bonds is 3. The average molecular weight is 290 g/mol. The molecule has 2 rings (SSSR count). The van der Waals surface area contributed by atoms with E-state index in [-0.39, 0.29) is 16.1 Å². The zero-order chi connectivity index (χ0) is 14.9. The van der Waals surface area contributed by atoms with Crippen LogP contribution < -0.4 is 5.73 Å². The van der Waals surface area contributed by atoms with Gasteiger partial charge in [-0.05, 0) is 41.8 Å². The second kappa shape index (κ2) is 5.35. The van der Waals surface area contributed by atoms with Gasteiger partial charge in [-0.15, -0.1) is 0 Å². The number of primary amides is 1. The van der Waals surface area contributed by atoms with E-state index in [1.807, 2.05) is 0 Å². The highest BCUT2D eigenvalue weighted by atomic mass is 35.5. The zero-order valence-corrected chi connectivity index (χ0v) is 11.4. The van der Waals surface area contributed by atoms with Gasteiger partial charge in [-0.3, -0.25) is 4.79 Å². The summed E-state index contributed by atoms with van der Waals surface area (Å²) in [5, 5.41) is 9.40. The molecule has 4 nitrogen and oxygen atoms in total. The van der Waals surface area contributed by atoms with Crippen LogP contribution in [0.3, 0.4) is 0 Å². The van der Waals surface area contributed by atoms with Crippen LogP contribution >= 0.6 is 11.6 Å². The lowest BCUT2D eigenvalue weighted by Gasteiger charge is -2.10. The number of nitrogens with two attached hydrogens (primary N) is 1. The lowest BCUT2D eigenvalue weighted by Crippen LogP contribution is -2.11. The predicted octanol–water partition coefficient (Wildman–Crippen LogP) is 3.11. The van der Waals surface area contributed by atoms with E-state index < -0.39 is 11.9 Å². The summed E-state index contributed by atoms with van der Waals surface area (Å²) in [5.41, 5.74) is 7.74. The SMILES string of the molecule is Cc1c(C(=O)O)cccc1-c1ccc(Cl)c(C(N)=O)c1. The van der Waals surface area contributed by atoms with Crippen molar-refractivity contribution >= 4 is 23.5 Å². The molecule has 0 bridgehead atoms. The first-order valence-corrected chi connectivity index (χ1v) is 6.22. The summed E-state index contributed by atoms with van der Waals surface area (Å²) in [6, 6.07) is 9.84. The Morgan fingerprint density at radius 3 is 2.45 bits per heavy atom. The number of carbonyl (C=O) groups is 2. The summed E-state index contributed by atoms with van der Waals surface area (Å²) in [7, 11) is 0. The van der Waals surface area contributed by atoms with E-state index in [1.54, 1.807) is 37.3 Å². The van der Waals surface area contributed by atoms with Gasteiger partial charge in [-0.1, -0.05) is 29.8 Å². The summed E-state index contributed by atoms with van der Waals surface area (Å²) in [4.78, 5) is 22.4. The maximum Gasteiger partial charge on any atom is 0.335 e. The predicted molar refractivity (Wildman–Crippen MR) is 77.1 cm³/mol. The maximum atomic E-state index is 11.3. The molecule has 0 aromatic heterocycles. The third-order valence-electron chi connectivity index (χ3n) is 3.11. The monoisotopic (exact) mass is 289 g/mol. The van der Waals surface area contributed by atoms with Gasteiger partial charge in [0, 0.05) is 0 Å². The molecule has 0 aliphatic rings. The Morgan fingerprint density at radius 1 is 1.15 bits per heavy atom. The van der Waals surface area contributed by atoms with Crippen molar-refractivity contribution in [2.45, 2.75) is 6.92 Å². The Morgan fingerprint density at radius 2 is 1.85 bits per heavy atom. The van der Waals surface area contributed by atoms with Crippen LogP contribution in [0.4, 0.5) is 0 Å². The van der Waals surface area contributed by atoms with Gasteiger partial charge in [-0.2, -0.15) is 0 Å². The van der Waals surface area contributed by atoms with E-state index in [9.17, 15) is 9.59 Å². The van der Waals surface area contributed by atoms with Gasteiger partial charge in [-0.25, -0.2) is 4.79 Å². The van der Waals surface area contributed by atoms with Crippen LogP contribution in [0.1, 0.15) is 26.3 Å². The topological polar surface area (TPSA) is 80.4 Å². The molecular formula is C15H12ClNO3. The Bertz CT molecular complexity index is 710. The van der Waals surface area contributed by atoms with Gasteiger partial charge in [0.05, 0.1) is 16.1 Å². The highest BCUT2D eigenvalue weighted by Crippen LogP contribution is 2.29. The molecule has 0 fully saturated rings. The molecule has 0 saturated carbocycles. The largest absolute Gasteiger partial charge is 0.478 e. The maximum absolute atomic E-state index is 11.3. The number of carboxylic acid groups (broad SMARTS) is 1. The van der Waals surface area contributed by atoms with Crippen LogP contribution in [-0.4, -0.2) is 17.0 Å². The molecule has 1 amide bonds. The second-order valence-electron chi connectivity index (χ2n) is 4.34. The molecule has 20 heavy (non-hydrogen) atoms. The van der Waals surface area contributed by atoms with Gasteiger partial charge < -0.3 is 10.8 Å². The van der Waals surface area contributed by atoms with Crippen LogP contribution in [0.5, 0.6) is 0 Å². The summed E-state index contributed by atoms with van der Waals surface area (Å²) in [5.74, 6) is -1.61. The summed E-state index contributed by atoms with van der Waals surface area (Å²) < 4.78 is 0. The molecule has 0 spiro atoms. The molecule has 102 valence electrons. The lowest BCUT2D eigenvalue weighted by atomic mass is 9.95. The van der Waals surface area contributed by atoms with E-state index in [4.69, 9.17) is 22.4 Å². The molecule has 0 saturated heterocycles. The number of carbonyl (C=O) groups excluding carboxylic acids is 1. The highest BCUT2D eigenvalue weighted by Gasteiger charge is 2.13. The number of benzene rings is 2. The van der Waals surface area contributed by atoms with Crippen molar-refractivity contribution in [1.82, 2.24) is 0 Å². The normalized spacial score (nSPS) is 10.3. The molecule has 3 N–H and O–H groups in total. The minimum atomic E-state index is -0.992. The van der Waals surface area contributed by atoms with Gasteiger partial charge in [0.1, 0.15) is 0 Å². The third-order valence-corrected chi connectivity index (χ3v) is 3.44. The standard InChI is InChI=1S/C15H12ClNO3/c1-8-10(3-2-4-11(8)15(19)20)9-5-6-13(16)12(7-9)14(17)18/h2-7H,1H3,(H2,17,18)(H,19,20). The lowest BCUT2D eigenvalue weighted by molar-refractivity contribution is 0.0696. The fourth-order valence-corrected chi connectivity index (χ4v) is 2.27. The molecule has 2 aromatic rings. The van der Waals surface area contributed by atoms with Crippen molar-refractivity contribution in [3.8, 4) is 11.1 Å². The molecule has 0 aliphatic carbocycles. The first-order valence-electron chi connectivity index (χ1n) is 5.84. The molecule has 0 aliphatic heterocycles. The number of hydrogen-bond donors (Lipinski definition) is 2. The smallest absolute Gasteiger partial charge is 0.335 e. The van der Waals surface area contributed by atoms with Gasteiger partial charge in [0.15, 0.2) is 0 Å². The van der Waals surface area contributed by atoms with Gasteiger partial charge in [0.2, 0.25) is 5.91 Å². The van der Waals surface area contributed by atoms with Crippen LogP contribution in [0.2, 0.25) is 5.02 Å². The first-order chi connectivity index (χ1) is 9.41. The van der Waals surface area contributed by atoms with Crippen molar-refractivity contribution in [1.29, 1.82) is 0 Å². The molecule has 0 unspecified atom stereocenters. The van der Waals surface area contributed by atoms with E-state index >= 15 is 0 Å². The summed E-state index contributed by atoms with van der Waals surface area (Å²) in [6.07, 6.45) is 0. The molecule has 0 radical (unpaired) electrons. The Hall–Kier alpha value is -2.33. The van der Waals surface area contributed by atoms with Crippen molar-refractivity contribution in [3.63, 3.8) is 0 Å². The van der Waals surface area contributed by atoms with Gasteiger partial charge in [0.25, 0.3) is 0 Å². The van der Waals surface area contributed by atoms with E-state index in [2.05, 4.69) is 0 Å². The number of amides is 1. The summed E-state index contributed by atoms with van der Waals surface area (Å²) >= 11 is 5.91. The average Bonchev–Trinajstić information content (AvgIpc) is 2.39. The van der Waals surface area contributed by atoms with E-state index in [0.29, 0.717) is 11.1 Å². The first kappa shape index (κ1) is 14.1. The Balaban J connectivity index is 2.63. The van der Waals surface area contributed by atoms with Crippen LogP contribution in [0, 0.1) is 6.92 Å². The van der Waals surface area contributed by atoms with Crippen LogP contribution in [0.15, 0.2) is 36.4 Å². The number of carboxylic acids is 1. The minimum Gasteiger partial charge on any atom is -0.478 e. The minimum absolute atomic E-state index is 0.212. The third kappa shape index (κ3) is 2.51. The molecule has 0 heterocycles. The Labute approximate surface area is 120 Å². The fraction of sp³-hybridized carbons (Fsp3) is 0.0667. The van der Waals surface area contributed by atoms with E-state index in [1.165, 1.54) is 6.07 Å². The van der Waals surface area contributed by atoms with Crippen molar-refractivity contribution < 1.29 is 14.7 Å². The number of halogens is 1. The van der Waals surface area contributed by atoms with Crippen molar-refractivity contribution in [2.75, 3.05) is 0 Å². The molecule has 2 aromatic carbocycles. The van der Waals surface area contributed by atoms with Crippen LogP contribution in [-0.2, 0) is 0 Å². The van der Waals surface area contributed by atoms with Crippen molar-refractivity contribution in [3.05, 3.63) is 58.1 Å². The second-order valence-corrected chi connectivity index (χ2v) is 4.75. The highest BCUT2D eigenvalue weighted by molar-refractivity contribution is 6.33. The summed E-state index contributed by atoms with van der Waals surface area (Å²) in [6.45, 7) is 1.72. The molecule has 5 heteroatoms. The van der Waals surface area contributed by atoms with Gasteiger partial charge >= 0.3 is 5.97 Å². The zero-order valence-electron chi connectivity index (χ0n) is 10.7. The Kier molecular flexibility index (Phi) is 3.77. The molecular weight excluding hydrogens is 278 g/mol. The molecule has 0 atom stereocenters. The number of hydrogen-bond acceptors (Lipinski definition) is 2. The van der Waals surface area contributed by atoms with Crippen LogP contribution in [0.25, 0.3) is 11.1 Å². The quantitative estimate of drug-likeness (QED) is 0.911. The number of aromatic carboxylic acids is 1. The van der Waals surface area contributed by atoms with E-state index in [0.717, 1.165) is 5.56 Å².